The average molecular weight is 277 g/mol. The maximum Gasteiger partial charge on any atom is 0.252 e. The van der Waals surface area contributed by atoms with Crippen molar-refractivity contribution in [3.63, 3.8) is 0 Å². The minimum atomic E-state index is -0.574. The molecule has 2 aromatic rings. The summed E-state index contributed by atoms with van der Waals surface area (Å²) in [4.78, 5) is 11.4. The number of ether oxygens (including phenoxy) is 1. The van der Waals surface area contributed by atoms with Crippen LogP contribution in [-0.4, -0.2) is 5.91 Å². The molecule has 2 rings (SSSR count). The van der Waals surface area contributed by atoms with Crippen molar-refractivity contribution in [2.45, 2.75) is 6.92 Å². The smallest absolute Gasteiger partial charge is 0.252 e. The predicted octanol–water partition coefficient (Wildman–Crippen LogP) is 3.12. The summed E-state index contributed by atoms with van der Waals surface area (Å²) in [6, 6.07) is 9.95. The first-order valence-corrected chi connectivity index (χ1v) is 5.98. The number of rotatable bonds is 3. The van der Waals surface area contributed by atoms with Gasteiger partial charge in [-0.3, -0.25) is 4.79 Å². The second-order valence-corrected chi connectivity index (χ2v) is 4.57. The largest absolute Gasteiger partial charge is 0.456 e. The van der Waals surface area contributed by atoms with Gasteiger partial charge in [-0.2, -0.15) is 0 Å². The number of primary amides is 1. The molecule has 5 heteroatoms. The molecule has 0 aliphatic heterocycles. The van der Waals surface area contributed by atoms with E-state index in [2.05, 4.69) is 0 Å². The molecule has 0 saturated heterocycles. The topological polar surface area (TPSA) is 78.3 Å². The van der Waals surface area contributed by atoms with Crippen LogP contribution in [0.4, 0.5) is 5.69 Å². The molecule has 19 heavy (non-hydrogen) atoms. The fourth-order valence-electron chi connectivity index (χ4n) is 1.63. The van der Waals surface area contributed by atoms with E-state index in [-0.39, 0.29) is 5.56 Å². The fourth-order valence-corrected chi connectivity index (χ4v) is 1.79. The van der Waals surface area contributed by atoms with Crippen LogP contribution in [0.5, 0.6) is 11.5 Å². The van der Waals surface area contributed by atoms with Crippen LogP contribution < -0.4 is 16.2 Å². The first-order chi connectivity index (χ1) is 8.97. The van der Waals surface area contributed by atoms with Crippen molar-refractivity contribution < 1.29 is 9.53 Å². The standard InChI is InChI=1S/C14H13ClN2O2/c1-8-2-3-9(15)6-12(8)19-13-7-10(16)4-5-11(13)14(17)18/h2-7H,16H2,1H3,(H2,17,18). The molecule has 4 N–H and O–H groups in total. The van der Waals surface area contributed by atoms with Gasteiger partial charge in [0, 0.05) is 16.8 Å². The van der Waals surface area contributed by atoms with Crippen molar-refractivity contribution in [2.75, 3.05) is 5.73 Å². The minimum absolute atomic E-state index is 0.272. The summed E-state index contributed by atoms with van der Waals surface area (Å²) in [5, 5.41) is 0.546. The highest BCUT2D eigenvalue weighted by Gasteiger charge is 2.12. The Bertz CT molecular complexity index is 641. The molecule has 0 radical (unpaired) electrons. The first kappa shape index (κ1) is 13.2. The van der Waals surface area contributed by atoms with Gasteiger partial charge >= 0.3 is 0 Å². The van der Waals surface area contributed by atoms with Crippen LogP contribution in [0.1, 0.15) is 15.9 Å². The Balaban J connectivity index is 2.45. The van der Waals surface area contributed by atoms with E-state index in [1.165, 1.54) is 6.07 Å². The van der Waals surface area contributed by atoms with Crippen molar-refractivity contribution in [3.05, 3.63) is 52.5 Å². The number of halogens is 1. The number of hydrogen-bond acceptors (Lipinski definition) is 3. The number of nitrogen functional groups attached to an aromatic ring is 1. The monoisotopic (exact) mass is 276 g/mol. The number of anilines is 1. The van der Waals surface area contributed by atoms with E-state index in [0.717, 1.165) is 5.56 Å². The summed E-state index contributed by atoms with van der Waals surface area (Å²) < 4.78 is 5.70. The van der Waals surface area contributed by atoms with Gasteiger partial charge in [-0.1, -0.05) is 17.7 Å². The summed E-state index contributed by atoms with van der Waals surface area (Å²) in [7, 11) is 0. The van der Waals surface area contributed by atoms with E-state index < -0.39 is 5.91 Å². The van der Waals surface area contributed by atoms with Crippen LogP contribution in [0.15, 0.2) is 36.4 Å². The maximum absolute atomic E-state index is 11.4. The van der Waals surface area contributed by atoms with Crippen LogP contribution in [0.25, 0.3) is 0 Å². The second kappa shape index (κ2) is 5.20. The van der Waals surface area contributed by atoms with Crippen molar-refractivity contribution in [3.8, 4) is 11.5 Å². The molecule has 0 saturated carbocycles. The Labute approximate surface area is 115 Å². The number of carbonyl (C=O) groups is 1. The highest BCUT2D eigenvalue weighted by atomic mass is 35.5. The lowest BCUT2D eigenvalue weighted by atomic mass is 10.1. The second-order valence-electron chi connectivity index (χ2n) is 4.13. The molecule has 4 nitrogen and oxygen atoms in total. The van der Waals surface area contributed by atoms with Gasteiger partial charge in [0.2, 0.25) is 0 Å². The molecule has 0 bridgehead atoms. The van der Waals surface area contributed by atoms with Gasteiger partial charge in [-0.05, 0) is 36.8 Å². The maximum atomic E-state index is 11.4. The van der Waals surface area contributed by atoms with Crippen LogP contribution >= 0.6 is 11.6 Å². The first-order valence-electron chi connectivity index (χ1n) is 5.60. The Morgan fingerprint density at radius 1 is 1.16 bits per heavy atom. The summed E-state index contributed by atoms with van der Waals surface area (Å²) in [6.45, 7) is 1.88. The number of hydrogen-bond donors (Lipinski definition) is 2. The summed E-state index contributed by atoms with van der Waals surface area (Å²) in [6.07, 6.45) is 0. The van der Waals surface area contributed by atoms with E-state index in [0.29, 0.717) is 22.2 Å². The Morgan fingerprint density at radius 2 is 1.89 bits per heavy atom. The molecule has 98 valence electrons. The SMILES string of the molecule is Cc1ccc(Cl)cc1Oc1cc(N)ccc1C(N)=O. The summed E-state index contributed by atoms with van der Waals surface area (Å²) in [5.74, 6) is 0.299. The third kappa shape index (κ3) is 2.98. The molecule has 0 fully saturated rings. The average Bonchev–Trinajstić information content (AvgIpc) is 2.33. The molecule has 0 aromatic heterocycles. The molecular formula is C14H13ClN2O2. The molecule has 0 aliphatic rings. The molecule has 0 spiro atoms. The van der Waals surface area contributed by atoms with Gasteiger partial charge in [-0.15, -0.1) is 0 Å². The minimum Gasteiger partial charge on any atom is -0.456 e. The number of benzene rings is 2. The van der Waals surface area contributed by atoms with Gasteiger partial charge in [0.1, 0.15) is 11.5 Å². The van der Waals surface area contributed by atoms with Gasteiger partial charge in [-0.25, -0.2) is 0 Å². The molecule has 2 aromatic carbocycles. The zero-order valence-electron chi connectivity index (χ0n) is 10.3. The van der Waals surface area contributed by atoms with Crippen molar-refractivity contribution in [1.82, 2.24) is 0 Å². The zero-order valence-corrected chi connectivity index (χ0v) is 11.1. The molecule has 0 atom stereocenters. The lowest BCUT2D eigenvalue weighted by Crippen LogP contribution is -2.12. The Morgan fingerprint density at radius 3 is 2.58 bits per heavy atom. The molecule has 0 aliphatic carbocycles. The molecule has 0 heterocycles. The van der Waals surface area contributed by atoms with Crippen LogP contribution in [-0.2, 0) is 0 Å². The van der Waals surface area contributed by atoms with E-state index >= 15 is 0 Å². The zero-order chi connectivity index (χ0) is 14.0. The number of nitrogens with two attached hydrogens (primary N) is 2. The van der Waals surface area contributed by atoms with Crippen LogP contribution in [0, 0.1) is 6.92 Å². The lowest BCUT2D eigenvalue weighted by Gasteiger charge is -2.12. The van der Waals surface area contributed by atoms with Crippen molar-refractivity contribution in [2.24, 2.45) is 5.73 Å². The van der Waals surface area contributed by atoms with Crippen LogP contribution in [0.2, 0.25) is 5.02 Å². The normalized spacial score (nSPS) is 10.2. The lowest BCUT2D eigenvalue weighted by molar-refractivity contribution is 0.0998. The van der Waals surface area contributed by atoms with E-state index in [1.54, 1.807) is 24.3 Å². The van der Waals surface area contributed by atoms with E-state index in [4.69, 9.17) is 27.8 Å². The van der Waals surface area contributed by atoms with Crippen LogP contribution in [0.3, 0.4) is 0 Å². The highest BCUT2D eigenvalue weighted by Crippen LogP contribution is 2.31. The number of aryl methyl sites for hydroxylation is 1. The Hall–Kier alpha value is -2.20. The van der Waals surface area contributed by atoms with Crippen molar-refractivity contribution in [1.29, 1.82) is 0 Å². The quantitative estimate of drug-likeness (QED) is 0.846. The van der Waals surface area contributed by atoms with Gasteiger partial charge in [0.15, 0.2) is 0 Å². The predicted molar refractivity (Wildman–Crippen MR) is 75.6 cm³/mol. The number of amides is 1. The number of carbonyl (C=O) groups excluding carboxylic acids is 1. The van der Waals surface area contributed by atoms with E-state index in [9.17, 15) is 4.79 Å². The molecule has 0 unspecified atom stereocenters. The fraction of sp³-hybridized carbons (Fsp3) is 0.0714. The van der Waals surface area contributed by atoms with Gasteiger partial charge < -0.3 is 16.2 Å². The van der Waals surface area contributed by atoms with Crippen molar-refractivity contribution >= 4 is 23.2 Å². The summed E-state index contributed by atoms with van der Waals surface area (Å²) >= 11 is 5.92. The van der Waals surface area contributed by atoms with Gasteiger partial charge in [0.05, 0.1) is 5.56 Å². The molecular weight excluding hydrogens is 264 g/mol. The van der Waals surface area contributed by atoms with E-state index in [1.807, 2.05) is 13.0 Å². The third-order valence-corrected chi connectivity index (χ3v) is 2.88. The third-order valence-electron chi connectivity index (χ3n) is 2.64. The summed E-state index contributed by atoms with van der Waals surface area (Å²) in [5.41, 5.74) is 12.6. The molecule has 1 amide bonds. The van der Waals surface area contributed by atoms with Gasteiger partial charge in [0.25, 0.3) is 5.91 Å². The Kier molecular flexibility index (Phi) is 3.62. The highest BCUT2D eigenvalue weighted by molar-refractivity contribution is 6.30.